The first-order valence-electron chi connectivity index (χ1n) is 10.3. The minimum atomic E-state index is -0.370. The Kier molecular flexibility index (Phi) is 6.17. The maximum absolute atomic E-state index is 12.8. The topological polar surface area (TPSA) is 67.9 Å². The van der Waals surface area contributed by atoms with E-state index in [1.165, 1.54) is 0 Å². The zero-order valence-corrected chi connectivity index (χ0v) is 17.3. The molecule has 3 aromatic rings. The van der Waals surface area contributed by atoms with E-state index in [1.54, 1.807) is 35.2 Å². The average molecular weight is 416 g/mol. The van der Waals surface area contributed by atoms with E-state index < -0.39 is 0 Å². The number of nitrogens with zero attached hydrogens (tertiary/aromatic N) is 1. The molecule has 6 heteroatoms. The van der Waals surface area contributed by atoms with Crippen LogP contribution < -0.4 is 19.7 Å². The van der Waals surface area contributed by atoms with Crippen LogP contribution in [0.3, 0.4) is 0 Å². The van der Waals surface area contributed by atoms with Gasteiger partial charge in [-0.25, -0.2) is 0 Å². The molecule has 3 aromatic carbocycles. The van der Waals surface area contributed by atoms with Crippen LogP contribution in [0.2, 0.25) is 0 Å². The van der Waals surface area contributed by atoms with Crippen LogP contribution in [0, 0.1) is 0 Å². The van der Waals surface area contributed by atoms with Crippen molar-refractivity contribution in [2.24, 2.45) is 0 Å². The Bertz CT molecular complexity index is 1100. The molecule has 1 aliphatic heterocycles. The fraction of sp³-hybridized carbons (Fsp3) is 0.200. The van der Waals surface area contributed by atoms with Gasteiger partial charge in [0.2, 0.25) is 5.91 Å². The highest BCUT2D eigenvalue weighted by Gasteiger charge is 2.24. The predicted molar refractivity (Wildman–Crippen MR) is 119 cm³/mol. The summed E-state index contributed by atoms with van der Waals surface area (Å²) in [6.45, 7) is 2.94. The van der Waals surface area contributed by atoms with Gasteiger partial charge < -0.3 is 19.7 Å². The third-order valence-electron chi connectivity index (χ3n) is 5.09. The molecular weight excluding hydrogens is 392 g/mol. The lowest BCUT2D eigenvalue weighted by Crippen LogP contribution is -2.39. The summed E-state index contributed by atoms with van der Waals surface area (Å²) in [7, 11) is 0. The molecule has 4 rings (SSSR count). The number of benzene rings is 3. The lowest BCUT2D eigenvalue weighted by Gasteiger charge is -2.18. The van der Waals surface area contributed by atoms with Gasteiger partial charge in [0.1, 0.15) is 5.75 Å². The van der Waals surface area contributed by atoms with Crippen LogP contribution in [-0.2, 0) is 11.2 Å². The third-order valence-corrected chi connectivity index (χ3v) is 5.09. The molecule has 158 valence electrons. The Labute approximate surface area is 181 Å². The summed E-state index contributed by atoms with van der Waals surface area (Å²) in [5.74, 6) is 1.01. The first kappa shape index (κ1) is 20.5. The van der Waals surface area contributed by atoms with Gasteiger partial charge in [-0.3, -0.25) is 9.59 Å². The van der Waals surface area contributed by atoms with E-state index in [0.717, 1.165) is 17.7 Å². The third kappa shape index (κ3) is 4.53. The number of hydrogen-bond donors (Lipinski definition) is 1. The highest BCUT2D eigenvalue weighted by molar-refractivity contribution is 6.02. The van der Waals surface area contributed by atoms with E-state index in [9.17, 15) is 9.59 Å². The van der Waals surface area contributed by atoms with E-state index in [1.807, 2.05) is 49.4 Å². The summed E-state index contributed by atoms with van der Waals surface area (Å²) in [5.41, 5.74) is 2.41. The summed E-state index contributed by atoms with van der Waals surface area (Å²) in [6.07, 6.45) is 0.825. The molecule has 2 amide bonds. The second-order valence-electron chi connectivity index (χ2n) is 7.08. The zero-order chi connectivity index (χ0) is 21.6. The summed E-state index contributed by atoms with van der Waals surface area (Å²) >= 11 is 0. The van der Waals surface area contributed by atoms with Gasteiger partial charge in [0, 0.05) is 12.2 Å². The van der Waals surface area contributed by atoms with Crippen LogP contribution >= 0.6 is 0 Å². The van der Waals surface area contributed by atoms with Crippen molar-refractivity contribution in [3.63, 3.8) is 0 Å². The molecule has 1 N–H and O–H groups in total. The van der Waals surface area contributed by atoms with Crippen molar-refractivity contribution in [2.75, 3.05) is 24.6 Å². The molecule has 0 fully saturated rings. The van der Waals surface area contributed by atoms with E-state index >= 15 is 0 Å². The molecule has 0 saturated carbocycles. The van der Waals surface area contributed by atoms with E-state index in [2.05, 4.69) is 5.32 Å². The maximum atomic E-state index is 12.8. The molecule has 31 heavy (non-hydrogen) atoms. The molecule has 0 saturated heterocycles. The average Bonchev–Trinajstić information content (AvgIpc) is 3.23. The number of anilines is 1. The molecule has 0 spiro atoms. The number of para-hydroxylation sites is 4. The van der Waals surface area contributed by atoms with E-state index in [4.69, 9.17) is 9.47 Å². The Morgan fingerprint density at radius 3 is 2.39 bits per heavy atom. The fourth-order valence-electron chi connectivity index (χ4n) is 3.61. The first-order chi connectivity index (χ1) is 15.2. The van der Waals surface area contributed by atoms with Crippen molar-refractivity contribution in [2.45, 2.75) is 13.3 Å². The smallest absolute Gasteiger partial charge is 0.255 e. The summed E-state index contributed by atoms with van der Waals surface area (Å²) in [6, 6.07) is 22.1. The van der Waals surface area contributed by atoms with Gasteiger partial charge in [0.05, 0.1) is 18.7 Å². The summed E-state index contributed by atoms with van der Waals surface area (Å²) in [4.78, 5) is 27.3. The van der Waals surface area contributed by atoms with Gasteiger partial charge in [-0.15, -0.1) is 0 Å². The number of nitrogens with one attached hydrogen (secondary N) is 1. The summed E-state index contributed by atoms with van der Waals surface area (Å²) in [5, 5.41) is 2.73. The Hall–Kier alpha value is -3.80. The second kappa shape index (κ2) is 9.34. The number of rotatable bonds is 7. The van der Waals surface area contributed by atoms with Crippen LogP contribution in [-0.4, -0.2) is 31.5 Å². The lowest BCUT2D eigenvalue weighted by atomic mass is 10.2. The fourth-order valence-corrected chi connectivity index (χ4v) is 3.61. The van der Waals surface area contributed by atoms with Gasteiger partial charge in [-0.05, 0) is 49.2 Å². The second-order valence-corrected chi connectivity index (χ2v) is 7.08. The van der Waals surface area contributed by atoms with Gasteiger partial charge in [-0.1, -0.05) is 42.5 Å². The van der Waals surface area contributed by atoms with Gasteiger partial charge in [0.25, 0.3) is 5.91 Å². The number of hydrogen-bond acceptors (Lipinski definition) is 4. The normalized spacial score (nSPS) is 12.2. The quantitative estimate of drug-likeness (QED) is 0.627. The lowest BCUT2D eigenvalue weighted by molar-refractivity contribution is -0.117. The van der Waals surface area contributed by atoms with Crippen LogP contribution in [0.15, 0.2) is 72.8 Å². The van der Waals surface area contributed by atoms with Crippen molar-refractivity contribution in [3.05, 3.63) is 83.9 Å². The maximum Gasteiger partial charge on any atom is 0.255 e. The van der Waals surface area contributed by atoms with Crippen LogP contribution in [0.1, 0.15) is 22.8 Å². The molecular formula is C25H24N2O4. The Morgan fingerprint density at radius 1 is 0.903 bits per heavy atom. The van der Waals surface area contributed by atoms with Crippen molar-refractivity contribution >= 4 is 17.5 Å². The molecule has 0 unspecified atom stereocenters. The number of amides is 2. The highest BCUT2D eigenvalue weighted by Crippen LogP contribution is 2.33. The molecule has 0 atom stereocenters. The number of carbonyl (C=O) groups is 2. The molecule has 6 nitrogen and oxygen atoms in total. The van der Waals surface area contributed by atoms with Crippen molar-refractivity contribution < 1.29 is 19.1 Å². The predicted octanol–water partition coefficient (Wildman–Crippen LogP) is 4.20. The molecule has 0 radical (unpaired) electrons. The van der Waals surface area contributed by atoms with E-state index in [0.29, 0.717) is 36.0 Å². The first-order valence-corrected chi connectivity index (χ1v) is 10.3. The summed E-state index contributed by atoms with van der Waals surface area (Å²) < 4.78 is 11.6. The van der Waals surface area contributed by atoms with Crippen molar-refractivity contribution in [1.82, 2.24) is 5.32 Å². The Morgan fingerprint density at radius 2 is 1.58 bits per heavy atom. The SMILES string of the molecule is CCOc1ccccc1Oc1ccccc1C(=O)NCC(=O)N1CCc2ccccc21. The monoisotopic (exact) mass is 416 g/mol. The van der Waals surface area contributed by atoms with Crippen LogP contribution in [0.4, 0.5) is 5.69 Å². The Balaban J connectivity index is 1.45. The van der Waals surface area contributed by atoms with Gasteiger partial charge >= 0.3 is 0 Å². The van der Waals surface area contributed by atoms with Gasteiger partial charge in [0.15, 0.2) is 11.5 Å². The van der Waals surface area contributed by atoms with E-state index in [-0.39, 0.29) is 18.4 Å². The standard InChI is InChI=1S/C25H24N2O4/c1-2-30-22-13-7-8-14-23(22)31-21-12-6-4-10-19(21)25(29)26-17-24(28)27-16-15-18-9-3-5-11-20(18)27/h3-14H,2,15-17H2,1H3,(H,26,29). The molecule has 1 heterocycles. The molecule has 0 aromatic heterocycles. The minimum Gasteiger partial charge on any atom is -0.490 e. The largest absolute Gasteiger partial charge is 0.490 e. The number of carbonyl (C=O) groups excluding carboxylic acids is 2. The highest BCUT2D eigenvalue weighted by atomic mass is 16.5. The van der Waals surface area contributed by atoms with Crippen LogP contribution in [0.5, 0.6) is 17.2 Å². The van der Waals surface area contributed by atoms with Gasteiger partial charge in [-0.2, -0.15) is 0 Å². The molecule has 0 aliphatic carbocycles. The number of fused-ring (bicyclic) bond motifs is 1. The van der Waals surface area contributed by atoms with Crippen LogP contribution in [0.25, 0.3) is 0 Å². The number of ether oxygens (including phenoxy) is 2. The van der Waals surface area contributed by atoms with Crippen molar-refractivity contribution in [1.29, 1.82) is 0 Å². The van der Waals surface area contributed by atoms with Crippen molar-refractivity contribution in [3.8, 4) is 17.2 Å². The zero-order valence-electron chi connectivity index (χ0n) is 17.3. The minimum absolute atomic E-state index is 0.0863. The molecule has 0 bridgehead atoms. The molecule has 1 aliphatic rings.